The molecule has 0 saturated heterocycles. The van der Waals surface area contributed by atoms with Crippen LogP contribution < -0.4 is 11.3 Å². The molecule has 1 aromatic heterocycles. The molecule has 6 nitrogen and oxygen atoms in total. The minimum atomic E-state index is -3.63. The Labute approximate surface area is 91.5 Å². The van der Waals surface area contributed by atoms with Crippen molar-refractivity contribution in [1.29, 1.82) is 0 Å². The van der Waals surface area contributed by atoms with Crippen LogP contribution in [0.2, 0.25) is 0 Å². The van der Waals surface area contributed by atoms with Crippen LogP contribution in [-0.2, 0) is 9.84 Å². The fourth-order valence-electron chi connectivity index (χ4n) is 1.22. The molecule has 1 heterocycles. The fraction of sp³-hybridized carbons (Fsp3) is 0.429. The van der Waals surface area contributed by atoms with Crippen LogP contribution in [0.15, 0.2) is 9.69 Å². The molecule has 15 heavy (non-hydrogen) atoms. The predicted octanol–water partition coefficient (Wildman–Crippen LogP) is -0.527. The summed E-state index contributed by atoms with van der Waals surface area (Å²) < 4.78 is 23.4. The molecule has 0 spiro atoms. The van der Waals surface area contributed by atoms with Gasteiger partial charge in [-0.05, 0) is 19.1 Å². The van der Waals surface area contributed by atoms with Gasteiger partial charge < -0.3 is 10.7 Å². The first-order valence-corrected chi connectivity index (χ1v) is 6.20. The van der Waals surface area contributed by atoms with Gasteiger partial charge in [0.05, 0.1) is 5.75 Å². The van der Waals surface area contributed by atoms with Crippen molar-refractivity contribution in [2.24, 2.45) is 5.73 Å². The van der Waals surface area contributed by atoms with Gasteiger partial charge in [0, 0.05) is 12.2 Å². The molecule has 1 aromatic rings. The Morgan fingerprint density at radius 3 is 2.47 bits per heavy atom. The highest BCUT2D eigenvalue weighted by atomic mass is 32.2. The smallest absolute Gasteiger partial charge is 0.270 e. The molecule has 0 atom stereocenters. The summed E-state index contributed by atoms with van der Waals surface area (Å²) >= 11 is 4.70. The molecule has 0 bridgehead atoms. The molecule has 0 amide bonds. The average Bonchev–Trinajstić information content (AvgIpc) is 1.99. The molecular weight excluding hydrogens is 238 g/mol. The first-order chi connectivity index (χ1) is 6.88. The van der Waals surface area contributed by atoms with E-state index < -0.39 is 15.4 Å². The van der Waals surface area contributed by atoms with Gasteiger partial charge in [-0.15, -0.1) is 0 Å². The summed E-state index contributed by atoms with van der Waals surface area (Å²) in [6, 6.07) is 0. The molecule has 0 unspecified atom stereocenters. The number of sulfone groups is 1. The summed E-state index contributed by atoms with van der Waals surface area (Å²) in [4.78, 5) is 15.9. The van der Waals surface area contributed by atoms with Gasteiger partial charge in [-0.2, -0.15) is 0 Å². The lowest BCUT2D eigenvalue weighted by atomic mass is 10.4. The molecule has 0 fully saturated rings. The van der Waals surface area contributed by atoms with E-state index in [-0.39, 0.29) is 27.7 Å². The second kappa shape index (κ2) is 4.25. The van der Waals surface area contributed by atoms with E-state index in [0.29, 0.717) is 0 Å². The Morgan fingerprint density at radius 1 is 1.40 bits per heavy atom. The van der Waals surface area contributed by atoms with Crippen LogP contribution in [0.1, 0.15) is 5.69 Å². The Bertz CT molecular complexity index is 570. The molecule has 0 aliphatic heterocycles. The van der Waals surface area contributed by atoms with Crippen molar-refractivity contribution in [1.82, 2.24) is 9.97 Å². The predicted molar refractivity (Wildman–Crippen MR) is 58.1 cm³/mol. The summed E-state index contributed by atoms with van der Waals surface area (Å²) in [7, 11) is -3.63. The van der Waals surface area contributed by atoms with Gasteiger partial charge >= 0.3 is 0 Å². The van der Waals surface area contributed by atoms with E-state index in [4.69, 9.17) is 18.0 Å². The molecule has 1 rings (SSSR count). The van der Waals surface area contributed by atoms with Gasteiger partial charge in [0.1, 0.15) is 0 Å². The SMILES string of the molecule is Cc1[nH]c(=S)[nH]c(=O)c1S(=O)(=O)CCN. The summed E-state index contributed by atoms with van der Waals surface area (Å²) in [5.74, 6) is -0.262. The van der Waals surface area contributed by atoms with Gasteiger partial charge in [-0.3, -0.25) is 9.78 Å². The van der Waals surface area contributed by atoms with Crippen molar-refractivity contribution < 1.29 is 8.42 Å². The maximum atomic E-state index is 11.6. The summed E-state index contributed by atoms with van der Waals surface area (Å²) in [5.41, 5.74) is 4.69. The maximum Gasteiger partial charge on any atom is 0.270 e. The number of H-pyrrole nitrogens is 2. The lowest BCUT2D eigenvalue weighted by Crippen LogP contribution is -2.25. The van der Waals surface area contributed by atoms with Crippen molar-refractivity contribution >= 4 is 22.1 Å². The second-order valence-electron chi connectivity index (χ2n) is 2.97. The third kappa shape index (κ3) is 2.52. The van der Waals surface area contributed by atoms with Crippen LogP contribution >= 0.6 is 12.2 Å². The first kappa shape index (κ1) is 12.1. The van der Waals surface area contributed by atoms with Gasteiger partial charge in [-0.1, -0.05) is 0 Å². The molecule has 0 saturated carbocycles. The lowest BCUT2D eigenvalue weighted by Gasteiger charge is -2.04. The van der Waals surface area contributed by atoms with Crippen LogP contribution in [0.3, 0.4) is 0 Å². The number of aromatic nitrogens is 2. The zero-order valence-electron chi connectivity index (χ0n) is 8.03. The van der Waals surface area contributed by atoms with Gasteiger partial charge in [0.2, 0.25) is 0 Å². The highest BCUT2D eigenvalue weighted by molar-refractivity contribution is 7.91. The monoisotopic (exact) mass is 249 g/mol. The lowest BCUT2D eigenvalue weighted by molar-refractivity contribution is 0.592. The van der Waals surface area contributed by atoms with Crippen molar-refractivity contribution in [3.63, 3.8) is 0 Å². The molecule has 0 radical (unpaired) electrons. The van der Waals surface area contributed by atoms with E-state index in [1.54, 1.807) is 0 Å². The molecule has 0 aromatic carbocycles. The average molecular weight is 249 g/mol. The van der Waals surface area contributed by atoms with E-state index in [0.717, 1.165) is 0 Å². The largest absolute Gasteiger partial charge is 0.335 e. The molecule has 8 heteroatoms. The van der Waals surface area contributed by atoms with Crippen LogP contribution in [-0.4, -0.2) is 30.7 Å². The van der Waals surface area contributed by atoms with E-state index in [1.165, 1.54) is 6.92 Å². The molecular formula is C7H11N3O3S2. The van der Waals surface area contributed by atoms with Crippen molar-refractivity contribution in [2.45, 2.75) is 11.8 Å². The number of rotatable bonds is 3. The molecule has 0 aliphatic carbocycles. The second-order valence-corrected chi connectivity index (χ2v) is 5.42. The molecule has 4 N–H and O–H groups in total. The van der Waals surface area contributed by atoms with E-state index in [9.17, 15) is 13.2 Å². The number of nitrogens with one attached hydrogen (secondary N) is 2. The van der Waals surface area contributed by atoms with Crippen LogP contribution in [0, 0.1) is 11.7 Å². The number of hydrogen-bond donors (Lipinski definition) is 3. The summed E-state index contributed by atoms with van der Waals surface area (Å²) in [6.07, 6.45) is 0. The Kier molecular flexibility index (Phi) is 3.42. The Morgan fingerprint density at radius 2 is 2.00 bits per heavy atom. The fourth-order valence-corrected chi connectivity index (χ4v) is 2.83. The standard InChI is InChI=1S/C7H11N3O3S2/c1-4-5(15(12,13)3-2-8)6(11)10-7(14)9-4/h2-3,8H2,1H3,(H2,9,10,11,14). The maximum absolute atomic E-state index is 11.6. The normalized spacial score (nSPS) is 11.6. The Balaban J connectivity index is 3.53. The summed E-state index contributed by atoms with van der Waals surface area (Å²) in [5, 5.41) is 0. The highest BCUT2D eigenvalue weighted by Crippen LogP contribution is 2.07. The zero-order valence-corrected chi connectivity index (χ0v) is 9.67. The number of hydrogen-bond acceptors (Lipinski definition) is 5. The summed E-state index contributed by atoms with van der Waals surface area (Å²) in [6.45, 7) is 1.45. The number of aromatic amines is 2. The molecule has 0 aliphatic rings. The highest BCUT2D eigenvalue weighted by Gasteiger charge is 2.20. The minimum absolute atomic E-state index is 0.0309. The van der Waals surface area contributed by atoms with E-state index in [1.807, 2.05) is 0 Å². The van der Waals surface area contributed by atoms with Crippen molar-refractivity contribution in [3.05, 3.63) is 20.8 Å². The quantitative estimate of drug-likeness (QED) is 0.624. The van der Waals surface area contributed by atoms with Crippen LogP contribution in [0.5, 0.6) is 0 Å². The van der Waals surface area contributed by atoms with Crippen LogP contribution in [0.4, 0.5) is 0 Å². The van der Waals surface area contributed by atoms with Crippen molar-refractivity contribution in [3.8, 4) is 0 Å². The zero-order chi connectivity index (χ0) is 11.6. The topological polar surface area (TPSA) is 109 Å². The third-order valence-electron chi connectivity index (χ3n) is 1.77. The number of aryl methyl sites for hydroxylation is 1. The van der Waals surface area contributed by atoms with Gasteiger partial charge in [0.15, 0.2) is 19.5 Å². The van der Waals surface area contributed by atoms with Gasteiger partial charge in [0.25, 0.3) is 5.56 Å². The van der Waals surface area contributed by atoms with E-state index in [2.05, 4.69) is 9.97 Å². The third-order valence-corrected chi connectivity index (χ3v) is 3.86. The Hall–Kier alpha value is -0.990. The minimum Gasteiger partial charge on any atom is -0.335 e. The van der Waals surface area contributed by atoms with Crippen molar-refractivity contribution in [2.75, 3.05) is 12.3 Å². The first-order valence-electron chi connectivity index (χ1n) is 4.14. The van der Waals surface area contributed by atoms with Gasteiger partial charge in [-0.25, -0.2) is 8.42 Å². The van der Waals surface area contributed by atoms with Crippen LogP contribution in [0.25, 0.3) is 0 Å². The van der Waals surface area contributed by atoms with E-state index >= 15 is 0 Å². The number of nitrogens with two attached hydrogens (primary N) is 1. The molecule has 84 valence electrons.